The first kappa shape index (κ1) is 15.9. The second-order valence-electron chi connectivity index (χ2n) is 5.04. The quantitative estimate of drug-likeness (QED) is 0.575. The molecule has 0 saturated heterocycles. The van der Waals surface area contributed by atoms with Crippen molar-refractivity contribution in [3.63, 3.8) is 0 Å². The van der Waals surface area contributed by atoms with Crippen molar-refractivity contribution < 1.29 is 0 Å². The van der Waals surface area contributed by atoms with Gasteiger partial charge in [0.25, 0.3) is 0 Å². The molecule has 0 bridgehead atoms. The van der Waals surface area contributed by atoms with Gasteiger partial charge in [-0.2, -0.15) is 0 Å². The smallest absolute Gasteiger partial charge is 0.0189 e. The lowest BCUT2D eigenvalue weighted by atomic mass is 10.2. The number of unbranched alkanes of at least 4 members (excludes halogenated alkanes) is 2. The molecule has 3 nitrogen and oxygen atoms in total. The summed E-state index contributed by atoms with van der Waals surface area (Å²) in [5.41, 5.74) is 0. The van der Waals surface area contributed by atoms with E-state index in [4.69, 9.17) is 0 Å². The number of nitrogens with zero attached hydrogens (tertiary/aromatic N) is 2. The maximum Gasteiger partial charge on any atom is 0.0189 e. The Balaban J connectivity index is 3.43. The van der Waals surface area contributed by atoms with Crippen LogP contribution in [0.15, 0.2) is 0 Å². The summed E-state index contributed by atoms with van der Waals surface area (Å²) >= 11 is 0. The predicted molar refractivity (Wildman–Crippen MR) is 73.0 cm³/mol. The minimum atomic E-state index is 0.626. The van der Waals surface area contributed by atoms with Gasteiger partial charge in [-0.15, -0.1) is 0 Å². The van der Waals surface area contributed by atoms with Crippen LogP contribution in [0.3, 0.4) is 0 Å². The van der Waals surface area contributed by atoms with Gasteiger partial charge >= 0.3 is 0 Å². The molecule has 16 heavy (non-hydrogen) atoms. The van der Waals surface area contributed by atoms with E-state index >= 15 is 0 Å². The summed E-state index contributed by atoms with van der Waals surface area (Å²) in [7, 11) is 6.46. The summed E-state index contributed by atoms with van der Waals surface area (Å²) in [6.07, 6.45) is 3.96. The molecule has 1 atom stereocenters. The van der Waals surface area contributed by atoms with Gasteiger partial charge < -0.3 is 15.1 Å². The lowest BCUT2D eigenvalue weighted by Gasteiger charge is -2.26. The Morgan fingerprint density at radius 2 is 1.75 bits per heavy atom. The highest BCUT2D eigenvalue weighted by atomic mass is 15.2. The second-order valence-corrected chi connectivity index (χ2v) is 5.04. The van der Waals surface area contributed by atoms with E-state index in [-0.39, 0.29) is 0 Å². The third-order valence-corrected chi connectivity index (χ3v) is 3.05. The van der Waals surface area contributed by atoms with Crippen LogP contribution >= 0.6 is 0 Å². The molecule has 0 rings (SSSR count). The Hall–Kier alpha value is -0.120. The first-order chi connectivity index (χ1) is 7.57. The number of hydrogen-bond acceptors (Lipinski definition) is 3. The van der Waals surface area contributed by atoms with Crippen LogP contribution in [0.5, 0.6) is 0 Å². The summed E-state index contributed by atoms with van der Waals surface area (Å²) in [5, 5.41) is 3.53. The van der Waals surface area contributed by atoms with E-state index in [1.165, 1.54) is 25.8 Å². The van der Waals surface area contributed by atoms with Crippen LogP contribution in [0.2, 0.25) is 0 Å². The van der Waals surface area contributed by atoms with Crippen molar-refractivity contribution in [2.75, 3.05) is 47.3 Å². The van der Waals surface area contributed by atoms with Crippen LogP contribution in [0.25, 0.3) is 0 Å². The van der Waals surface area contributed by atoms with Gasteiger partial charge in [0.1, 0.15) is 0 Å². The molecule has 1 unspecified atom stereocenters. The number of nitrogens with one attached hydrogen (secondary N) is 1. The Labute approximate surface area is 102 Å². The van der Waals surface area contributed by atoms with Gasteiger partial charge in [-0.05, 0) is 41.0 Å². The predicted octanol–water partition coefficient (Wildman–Crippen LogP) is 1.65. The molecule has 0 radical (unpaired) electrons. The van der Waals surface area contributed by atoms with E-state index < -0.39 is 0 Å². The first-order valence-electron chi connectivity index (χ1n) is 6.63. The Morgan fingerprint density at radius 3 is 2.31 bits per heavy atom. The fourth-order valence-corrected chi connectivity index (χ4v) is 1.54. The topological polar surface area (TPSA) is 18.5 Å². The minimum absolute atomic E-state index is 0.626. The maximum absolute atomic E-state index is 3.53. The summed E-state index contributed by atoms with van der Waals surface area (Å²) in [4.78, 5) is 4.66. The van der Waals surface area contributed by atoms with Crippen molar-refractivity contribution in [3.8, 4) is 0 Å². The molecule has 1 N–H and O–H groups in total. The highest BCUT2D eigenvalue weighted by Crippen LogP contribution is 1.95. The summed E-state index contributed by atoms with van der Waals surface area (Å²) < 4.78 is 0. The van der Waals surface area contributed by atoms with Crippen LogP contribution in [-0.4, -0.2) is 63.2 Å². The monoisotopic (exact) mass is 229 g/mol. The SMILES string of the molecule is CCCCCNCC(C)N(C)CCN(C)C. The zero-order chi connectivity index (χ0) is 12.4. The van der Waals surface area contributed by atoms with Crippen LogP contribution in [0, 0.1) is 0 Å². The molecule has 0 aliphatic heterocycles. The fourth-order valence-electron chi connectivity index (χ4n) is 1.54. The summed E-state index contributed by atoms with van der Waals surface area (Å²) in [6.45, 7) is 9.09. The van der Waals surface area contributed by atoms with Gasteiger partial charge in [-0.3, -0.25) is 0 Å². The standard InChI is InChI=1S/C13H31N3/c1-6-7-8-9-14-12-13(2)16(5)11-10-15(3)4/h13-14H,6-12H2,1-5H3. The zero-order valence-electron chi connectivity index (χ0n) is 11.9. The third-order valence-electron chi connectivity index (χ3n) is 3.05. The molecule has 0 amide bonds. The molecule has 0 aromatic carbocycles. The molecule has 0 aromatic heterocycles. The summed E-state index contributed by atoms with van der Waals surface area (Å²) in [6, 6.07) is 0.626. The van der Waals surface area contributed by atoms with E-state index in [0.29, 0.717) is 6.04 Å². The average Bonchev–Trinajstić information content (AvgIpc) is 2.25. The number of hydrogen-bond donors (Lipinski definition) is 1. The Bertz CT molecular complexity index is 148. The van der Waals surface area contributed by atoms with Gasteiger partial charge in [0.2, 0.25) is 0 Å². The minimum Gasteiger partial charge on any atom is -0.315 e. The van der Waals surface area contributed by atoms with Crippen molar-refractivity contribution in [2.24, 2.45) is 0 Å². The van der Waals surface area contributed by atoms with Crippen LogP contribution in [0.1, 0.15) is 33.1 Å². The average molecular weight is 229 g/mol. The molecule has 0 spiro atoms. The van der Waals surface area contributed by atoms with Crippen LogP contribution in [-0.2, 0) is 0 Å². The van der Waals surface area contributed by atoms with Crippen molar-refractivity contribution in [1.82, 2.24) is 15.1 Å². The maximum atomic E-state index is 3.53. The van der Waals surface area contributed by atoms with Crippen LogP contribution in [0.4, 0.5) is 0 Å². The highest BCUT2D eigenvalue weighted by molar-refractivity contribution is 4.67. The van der Waals surface area contributed by atoms with Gasteiger partial charge in [0.15, 0.2) is 0 Å². The normalized spacial score (nSPS) is 13.7. The van der Waals surface area contributed by atoms with E-state index in [2.05, 4.69) is 50.1 Å². The van der Waals surface area contributed by atoms with E-state index in [1.54, 1.807) is 0 Å². The van der Waals surface area contributed by atoms with Crippen molar-refractivity contribution in [1.29, 1.82) is 0 Å². The second kappa shape index (κ2) is 10.1. The summed E-state index contributed by atoms with van der Waals surface area (Å²) in [5.74, 6) is 0. The molecule has 0 aliphatic carbocycles. The van der Waals surface area contributed by atoms with E-state index in [9.17, 15) is 0 Å². The van der Waals surface area contributed by atoms with Gasteiger partial charge in [0, 0.05) is 25.7 Å². The number of likely N-dealkylation sites (N-methyl/N-ethyl adjacent to an activating group) is 2. The number of rotatable bonds is 10. The molecule has 3 heteroatoms. The molecule has 98 valence electrons. The zero-order valence-corrected chi connectivity index (χ0v) is 11.9. The van der Waals surface area contributed by atoms with Gasteiger partial charge in [-0.1, -0.05) is 19.8 Å². The van der Waals surface area contributed by atoms with E-state index in [1.807, 2.05) is 0 Å². The lowest BCUT2D eigenvalue weighted by molar-refractivity contribution is 0.224. The molecule has 0 fully saturated rings. The molecular formula is C13H31N3. The Kier molecular flexibility index (Phi) is 9.99. The van der Waals surface area contributed by atoms with Crippen LogP contribution < -0.4 is 5.32 Å². The molecule has 0 aromatic rings. The molecular weight excluding hydrogens is 198 g/mol. The van der Waals surface area contributed by atoms with Crippen molar-refractivity contribution in [2.45, 2.75) is 39.2 Å². The lowest BCUT2D eigenvalue weighted by Crippen LogP contribution is -2.41. The fraction of sp³-hybridized carbons (Fsp3) is 1.00. The molecule has 0 heterocycles. The van der Waals surface area contributed by atoms with E-state index in [0.717, 1.165) is 19.6 Å². The van der Waals surface area contributed by atoms with Crippen molar-refractivity contribution >= 4 is 0 Å². The first-order valence-corrected chi connectivity index (χ1v) is 6.63. The van der Waals surface area contributed by atoms with Crippen molar-refractivity contribution in [3.05, 3.63) is 0 Å². The molecule has 0 aliphatic rings. The van der Waals surface area contributed by atoms with Gasteiger partial charge in [-0.25, -0.2) is 0 Å². The highest BCUT2D eigenvalue weighted by Gasteiger charge is 2.07. The largest absolute Gasteiger partial charge is 0.315 e. The molecule has 0 saturated carbocycles. The van der Waals surface area contributed by atoms with Gasteiger partial charge in [0.05, 0.1) is 0 Å². The third kappa shape index (κ3) is 9.13. The Morgan fingerprint density at radius 1 is 1.06 bits per heavy atom.